The normalized spacial score (nSPS) is 21.8. The Morgan fingerprint density at radius 3 is 2.63 bits per heavy atom. The molecule has 0 spiro atoms. The number of nitrogens with zero attached hydrogens (tertiary/aromatic N) is 3. The predicted molar refractivity (Wildman–Crippen MR) is 140 cm³/mol. The average molecular weight is 541 g/mol. The van der Waals surface area contributed by atoms with Crippen LogP contribution in [0.1, 0.15) is 37.7 Å². The number of rotatable bonds is 9. The van der Waals surface area contributed by atoms with Crippen molar-refractivity contribution in [2.24, 2.45) is 5.92 Å². The van der Waals surface area contributed by atoms with Crippen molar-refractivity contribution in [3.8, 4) is 5.88 Å². The fraction of sp³-hybridized carbons (Fsp3) is 0.538. The van der Waals surface area contributed by atoms with Crippen molar-refractivity contribution in [3.63, 3.8) is 0 Å². The van der Waals surface area contributed by atoms with Crippen LogP contribution in [-0.4, -0.2) is 72.7 Å². The molecule has 6 nitrogen and oxygen atoms in total. The van der Waals surface area contributed by atoms with E-state index in [0.29, 0.717) is 40.5 Å². The summed E-state index contributed by atoms with van der Waals surface area (Å²) in [6.45, 7) is 7.87. The van der Waals surface area contributed by atoms with E-state index in [4.69, 9.17) is 44.3 Å². The van der Waals surface area contributed by atoms with Crippen molar-refractivity contribution in [2.45, 2.75) is 38.2 Å². The highest BCUT2D eigenvalue weighted by molar-refractivity contribution is 6.42. The van der Waals surface area contributed by atoms with Crippen LogP contribution in [-0.2, 0) is 9.53 Å². The second-order valence-electron chi connectivity index (χ2n) is 9.29. The van der Waals surface area contributed by atoms with E-state index in [-0.39, 0.29) is 23.8 Å². The maximum absolute atomic E-state index is 13.1. The van der Waals surface area contributed by atoms with E-state index in [1.54, 1.807) is 18.3 Å². The van der Waals surface area contributed by atoms with Crippen LogP contribution in [0, 0.1) is 5.92 Å². The Balaban J connectivity index is 1.39. The van der Waals surface area contributed by atoms with Crippen LogP contribution in [0.2, 0.25) is 15.1 Å². The Morgan fingerprint density at radius 2 is 1.91 bits per heavy atom. The zero-order chi connectivity index (χ0) is 24.8. The van der Waals surface area contributed by atoms with Gasteiger partial charge in [-0.15, -0.1) is 0 Å². The molecule has 0 aliphatic carbocycles. The smallest absolute Gasteiger partial charge is 0.222 e. The zero-order valence-corrected chi connectivity index (χ0v) is 22.2. The SMILES string of the molecule is C[C@H](Oc1ccc(Cl)cn1)[C@@H]1CN(C(=O)CCCCN2CCOCC2)C[C@@H]1c1ccc(Cl)c(Cl)c1. The predicted octanol–water partition coefficient (Wildman–Crippen LogP) is 5.55. The number of ether oxygens (including phenoxy) is 2. The van der Waals surface area contributed by atoms with Crippen molar-refractivity contribution < 1.29 is 14.3 Å². The van der Waals surface area contributed by atoms with E-state index >= 15 is 0 Å². The van der Waals surface area contributed by atoms with Gasteiger partial charge in [-0.1, -0.05) is 40.9 Å². The van der Waals surface area contributed by atoms with Crippen LogP contribution in [0.5, 0.6) is 5.88 Å². The van der Waals surface area contributed by atoms with E-state index < -0.39 is 0 Å². The van der Waals surface area contributed by atoms with Gasteiger partial charge in [-0.05, 0) is 50.1 Å². The molecule has 190 valence electrons. The molecule has 35 heavy (non-hydrogen) atoms. The molecule has 3 heterocycles. The van der Waals surface area contributed by atoms with E-state index in [1.807, 2.05) is 30.0 Å². The van der Waals surface area contributed by atoms with Gasteiger partial charge in [0.1, 0.15) is 6.10 Å². The molecule has 0 N–H and O–H groups in total. The zero-order valence-electron chi connectivity index (χ0n) is 20.0. The van der Waals surface area contributed by atoms with Crippen LogP contribution >= 0.6 is 34.8 Å². The molecule has 1 aromatic carbocycles. The lowest BCUT2D eigenvalue weighted by Gasteiger charge is -2.26. The first-order valence-electron chi connectivity index (χ1n) is 12.2. The number of aromatic nitrogens is 1. The summed E-state index contributed by atoms with van der Waals surface area (Å²) < 4.78 is 11.6. The molecule has 1 amide bonds. The first-order chi connectivity index (χ1) is 16.9. The topological polar surface area (TPSA) is 54.9 Å². The molecule has 0 unspecified atom stereocenters. The maximum Gasteiger partial charge on any atom is 0.222 e. The molecule has 2 saturated heterocycles. The number of hydrogen-bond acceptors (Lipinski definition) is 5. The van der Waals surface area contributed by atoms with Gasteiger partial charge in [0.15, 0.2) is 0 Å². The third-order valence-electron chi connectivity index (χ3n) is 6.92. The molecular formula is C26H32Cl3N3O3. The van der Waals surface area contributed by atoms with Gasteiger partial charge >= 0.3 is 0 Å². The Kier molecular flexibility index (Phi) is 9.53. The molecule has 0 bridgehead atoms. The molecule has 2 aromatic rings. The van der Waals surface area contributed by atoms with E-state index in [2.05, 4.69) is 9.88 Å². The van der Waals surface area contributed by atoms with Crippen LogP contribution in [0.15, 0.2) is 36.5 Å². The molecule has 2 aliphatic heterocycles. The summed E-state index contributed by atoms with van der Waals surface area (Å²) in [5.74, 6) is 0.880. The van der Waals surface area contributed by atoms with Gasteiger partial charge < -0.3 is 14.4 Å². The quantitative estimate of drug-likeness (QED) is 0.390. The summed E-state index contributed by atoms with van der Waals surface area (Å²) in [5.41, 5.74) is 1.06. The van der Waals surface area contributed by atoms with Crippen molar-refractivity contribution >= 4 is 40.7 Å². The number of halogens is 3. The number of amides is 1. The molecule has 2 aliphatic rings. The number of likely N-dealkylation sites (tertiary alicyclic amines) is 1. The van der Waals surface area contributed by atoms with E-state index in [1.165, 1.54) is 0 Å². The second kappa shape index (κ2) is 12.6. The van der Waals surface area contributed by atoms with E-state index in [9.17, 15) is 4.79 Å². The Bertz CT molecular complexity index is 986. The van der Waals surface area contributed by atoms with Crippen LogP contribution in [0.4, 0.5) is 0 Å². The van der Waals surface area contributed by atoms with Gasteiger partial charge in [0.2, 0.25) is 11.8 Å². The van der Waals surface area contributed by atoms with Crippen molar-refractivity contribution in [3.05, 3.63) is 57.2 Å². The third kappa shape index (κ3) is 7.23. The second-order valence-corrected chi connectivity index (χ2v) is 10.5. The molecule has 4 rings (SSSR count). The number of carbonyl (C=O) groups excluding carboxylic acids is 1. The summed E-state index contributed by atoms with van der Waals surface area (Å²) >= 11 is 18.5. The Labute approximate surface area is 222 Å². The standard InChI is InChI=1S/C26H32Cl3N3O3/c1-18(35-25-8-6-20(27)15-30-25)21-16-32(17-22(21)19-5-7-23(28)24(29)14-19)26(33)4-2-3-9-31-10-12-34-13-11-31/h5-8,14-15,18,21-22H,2-4,9-13,16-17H2,1H3/t18-,21-,22+/m0/s1. The number of hydrogen-bond donors (Lipinski definition) is 0. The molecule has 3 atom stereocenters. The van der Waals surface area contributed by atoms with Crippen molar-refractivity contribution in [1.82, 2.24) is 14.8 Å². The third-order valence-corrected chi connectivity index (χ3v) is 7.88. The largest absolute Gasteiger partial charge is 0.474 e. The van der Waals surface area contributed by atoms with Gasteiger partial charge in [-0.3, -0.25) is 9.69 Å². The molecule has 2 fully saturated rings. The minimum atomic E-state index is -0.165. The summed E-state index contributed by atoms with van der Waals surface area (Å²) in [6, 6.07) is 9.24. The molecular weight excluding hydrogens is 509 g/mol. The molecule has 0 radical (unpaired) electrons. The minimum absolute atomic E-state index is 0.0852. The minimum Gasteiger partial charge on any atom is -0.474 e. The maximum atomic E-state index is 13.1. The summed E-state index contributed by atoms with van der Waals surface area (Å²) in [5, 5.41) is 1.60. The van der Waals surface area contributed by atoms with E-state index in [0.717, 1.165) is 51.3 Å². The summed E-state index contributed by atoms with van der Waals surface area (Å²) in [7, 11) is 0. The number of morpholine rings is 1. The van der Waals surface area contributed by atoms with Gasteiger partial charge in [0.05, 0.1) is 28.3 Å². The molecule has 1 aromatic heterocycles. The fourth-order valence-corrected chi connectivity index (χ4v) is 5.33. The Hall–Kier alpha value is -1.57. The number of unbranched alkanes of at least 4 members (excludes halogenated alkanes) is 1. The van der Waals surface area contributed by atoms with Crippen molar-refractivity contribution in [1.29, 1.82) is 0 Å². The molecule has 0 saturated carbocycles. The first-order valence-corrected chi connectivity index (χ1v) is 13.3. The lowest BCUT2D eigenvalue weighted by molar-refractivity contribution is -0.130. The van der Waals surface area contributed by atoms with Crippen molar-refractivity contribution in [2.75, 3.05) is 45.9 Å². The highest BCUT2D eigenvalue weighted by atomic mass is 35.5. The Morgan fingerprint density at radius 1 is 1.11 bits per heavy atom. The van der Waals surface area contributed by atoms with Gasteiger partial charge in [0, 0.05) is 56.7 Å². The average Bonchev–Trinajstić information content (AvgIpc) is 3.31. The van der Waals surface area contributed by atoms with Gasteiger partial charge in [-0.25, -0.2) is 4.98 Å². The first kappa shape index (κ1) is 26.5. The monoisotopic (exact) mass is 539 g/mol. The fourth-order valence-electron chi connectivity index (χ4n) is 4.91. The number of pyridine rings is 1. The summed E-state index contributed by atoms with van der Waals surface area (Å²) in [4.78, 5) is 21.8. The van der Waals surface area contributed by atoms with Crippen LogP contribution in [0.25, 0.3) is 0 Å². The number of benzene rings is 1. The highest BCUT2D eigenvalue weighted by Gasteiger charge is 2.40. The van der Waals surface area contributed by atoms with Crippen LogP contribution < -0.4 is 4.74 Å². The lowest BCUT2D eigenvalue weighted by atomic mass is 9.86. The van der Waals surface area contributed by atoms with Crippen LogP contribution in [0.3, 0.4) is 0 Å². The van der Waals surface area contributed by atoms with Gasteiger partial charge in [-0.2, -0.15) is 0 Å². The highest BCUT2D eigenvalue weighted by Crippen LogP contribution is 2.38. The number of carbonyl (C=O) groups is 1. The summed E-state index contributed by atoms with van der Waals surface area (Å²) in [6.07, 6.45) is 3.86. The molecule has 9 heteroatoms. The van der Waals surface area contributed by atoms with Gasteiger partial charge in [0.25, 0.3) is 0 Å². The lowest BCUT2D eigenvalue weighted by Crippen LogP contribution is -2.37.